The Hall–Kier alpha value is -2.15. The van der Waals surface area contributed by atoms with Gasteiger partial charge in [0, 0.05) is 5.41 Å². The fourth-order valence-corrected chi connectivity index (χ4v) is 4.83. The molecule has 1 amide bonds. The lowest BCUT2D eigenvalue weighted by atomic mass is 9.77. The van der Waals surface area contributed by atoms with Gasteiger partial charge in [-0.15, -0.1) is 10.2 Å². The summed E-state index contributed by atoms with van der Waals surface area (Å²) in [6, 6.07) is 5.25. The van der Waals surface area contributed by atoms with Crippen molar-refractivity contribution >= 4 is 22.4 Å². The summed E-state index contributed by atoms with van der Waals surface area (Å²) in [5.41, 5.74) is 0.302. The molecular weight excluding hydrogens is 374 g/mol. The predicted octanol–water partition coefficient (Wildman–Crippen LogP) is 5.06. The van der Waals surface area contributed by atoms with E-state index in [1.54, 1.807) is 18.2 Å². The molecule has 0 saturated heterocycles. The van der Waals surface area contributed by atoms with Crippen LogP contribution in [0.3, 0.4) is 0 Å². The number of methoxy groups -OCH3 is 2. The summed E-state index contributed by atoms with van der Waals surface area (Å²) in [6.07, 6.45) is 7.74. The summed E-state index contributed by atoms with van der Waals surface area (Å²) in [7, 11) is 3.06. The van der Waals surface area contributed by atoms with E-state index < -0.39 is 0 Å². The van der Waals surface area contributed by atoms with Gasteiger partial charge in [0.05, 0.1) is 14.2 Å². The minimum absolute atomic E-state index is 0.0508. The van der Waals surface area contributed by atoms with Crippen LogP contribution in [0.1, 0.15) is 67.7 Å². The molecule has 1 aliphatic carbocycles. The quantitative estimate of drug-likeness (QED) is 0.700. The van der Waals surface area contributed by atoms with Crippen molar-refractivity contribution in [2.45, 2.75) is 57.8 Å². The maximum atomic E-state index is 12.8. The Morgan fingerprint density at radius 3 is 2.39 bits per heavy atom. The standard InChI is InChI=1S/C21H29N3O3S/c1-21(2,13-14-9-6-5-7-10-14)19-23-24-20(28-19)22-18(25)17-15(26-3)11-8-12-16(17)27-4/h8,11-12,14H,5-7,9-10,13H2,1-4H3,(H,22,24,25). The van der Waals surface area contributed by atoms with E-state index in [9.17, 15) is 4.79 Å². The van der Waals surface area contributed by atoms with Gasteiger partial charge < -0.3 is 9.47 Å². The van der Waals surface area contributed by atoms with Crippen LogP contribution >= 0.6 is 11.3 Å². The van der Waals surface area contributed by atoms with E-state index in [0.717, 1.165) is 17.3 Å². The highest BCUT2D eigenvalue weighted by molar-refractivity contribution is 7.15. The maximum Gasteiger partial charge on any atom is 0.265 e. The molecule has 1 N–H and O–H groups in total. The van der Waals surface area contributed by atoms with Gasteiger partial charge in [0.15, 0.2) is 0 Å². The first kappa shape index (κ1) is 20.6. The van der Waals surface area contributed by atoms with Crippen LogP contribution in [0.4, 0.5) is 5.13 Å². The number of benzene rings is 1. The van der Waals surface area contributed by atoms with E-state index in [0.29, 0.717) is 22.2 Å². The van der Waals surface area contributed by atoms with Crippen LogP contribution in [0.2, 0.25) is 0 Å². The summed E-state index contributed by atoms with van der Waals surface area (Å²) < 4.78 is 10.6. The fourth-order valence-electron chi connectivity index (χ4n) is 3.98. The third kappa shape index (κ3) is 4.63. The minimum atomic E-state index is -0.318. The number of amides is 1. The number of hydrogen-bond donors (Lipinski definition) is 1. The molecule has 6 nitrogen and oxygen atoms in total. The molecule has 0 atom stereocenters. The number of rotatable bonds is 7. The molecule has 0 bridgehead atoms. The molecule has 0 spiro atoms. The van der Waals surface area contributed by atoms with E-state index in [1.165, 1.54) is 57.7 Å². The van der Waals surface area contributed by atoms with Gasteiger partial charge >= 0.3 is 0 Å². The summed E-state index contributed by atoms with van der Waals surface area (Å²) in [6.45, 7) is 4.44. The number of aromatic nitrogens is 2. The van der Waals surface area contributed by atoms with Crippen molar-refractivity contribution in [2.75, 3.05) is 19.5 Å². The second kappa shape index (κ2) is 8.90. The average molecular weight is 404 g/mol. The van der Waals surface area contributed by atoms with Gasteiger partial charge in [-0.1, -0.05) is 63.4 Å². The number of nitrogens with zero attached hydrogens (tertiary/aromatic N) is 2. The molecule has 0 aliphatic heterocycles. The molecule has 1 aliphatic rings. The van der Waals surface area contributed by atoms with Gasteiger partial charge in [0.25, 0.3) is 5.91 Å². The molecule has 2 aromatic rings. The van der Waals surface area contributed by atoms with Crippen LogP contribution < -0.4 is 14.8 Å². The molecule has 1 heterocycles. The van der Waals surface area contributed by atoms with E-state index in [2.05, 4.69) is 29.4 Å². The monoisotopic (exact) mass is 403 g/mol. The molecule has 152 valence electrons. The Morgan fingerprint density at radius 1 is 1.14 bits per heavy atom. The zero-order valence-corrected chi connectivity index (χ0v) is 17.9. The van der Waals surface area contributed by atoms with Crippen LogP contribution in [0.5, 0.6) is 11.5 Å². The van der Waals surface area contributed by atoms with E-state index in [1.807, 2.05) is 0 Å². The number of carbonyl (C=O) groups excluding carboxylic acids is 1. The smallest absolute Gasteiger partial charge is 0.265 e. The lowest BCUT2D eigenvalue weighted by Gasteiger charge is -2.30. The second-order valence-electron chi connectivity index (χ2n) is 8.00. The molecule has 1 fully saturated rings. The second-order valence-corrected chi connectivity index (χ2v) is 8.97. The zero-order valence-electron chi connectivity index (χ0n) is 17.1. The van der Waals surface area contributed by atoms with Gasteiger partial charge in [-0.2, -0.15) is 0 Å². The zero-order chi connectivity index (χ0) is 20.1. The van der Waals surface area contributed by atoms with Crippen molar-refractivity contribution in [3.63, 3.8) is 0 Å². The summed E-state index contributed by atoms with van der Waals surface area (Å²) in [4.78, 5) is 12.8. The minimum Gasteiger partial charge on any atom is -0.496 e. The fraction of sp³-hybridized carbons (Fsp3) is 0.571. The molecule has 1 aromatic heterocycles. The van der Waals surface area contributed by atoms with Crippen molar-refractivity contribution in [1.29, 1.82) is 0 Å². The van der Waals surface area contributed by atoms with Crippen LogP contribution in [-0.2, 0) is 5.41 Å². The Bertz CT molecular complexity index is 791. The first-order valence-electron chi connectivity index (χ1n) is 9.81. The van der Waals surface area contributed by atoms with Crippen molar-refractivity contribution in [2.24, 2.45) is 5.92 Å². The maximum absolute atomic E-state index is 12.8. The molecule has 1 aromatic carbocycles. The number of anilines is 1. The van der Waals surface area contributed by atoms with E-state index >= 15 is 0 Å². The van der Waals surface area contributed by atoms with Crippen LogP contribution in [0.25, 0.3) is 0 Å². The van der Waals surface area contributed by atoms with Crippen LogP contribution in [0.15, 0.2) is 18.2 Å². The summed E-state index contributed by atoms with van der Waals surface area (Å²) in [5, 5.41) is 12.9. The van der Waals surface area contributed by atoms with Crippen molar-refractivity contribution in [3.05, 3.63) is 28.8 Å². The van der Waals surface area contributed by atoms with Gasteiger partial charge in [0.1, 0.15) is 22.1 Å². The highest BCUT2D eigenvalue weighted by atomic mass is 32.1. The SMILES string of the molecule is COc1cccc(OC)c1C(=O)Nc1nnc(C(C)(C)CC2CCCCC2)s1. The van der Waals surface area contributed by atoms with Gasteiger partial charge in [0.2, 0.25) is 5.13 Å². The van der Waals surface area contributed by atoms with Gasteiger partial charge in [-0.25, -0.2) is 0 Å². The Balaban J connectivity index is 1.73. The third-order valence-electron chi connectivity index (χ3n) is 5.40. The Labute approximate surface area is 170 Å². The van der Waals surface area contributed by atoms with E-state index in [-0.39, 0.29) is 11.3 Å². The topological polar surface area (TPSA) is 73.3 Å². The Kier molecular flexibility index (Phi) is 6.54. The van der Waals surface area contributed by atoms with Crippen molar-refractivity contribution in [3.8, 4) is 11.5 Å². The van der Waals surface area contributed by atoms with Gasteiger partial charge in [-0.3, -0.25) is 10.1 Å². The van der Waals surface area contributed by atoms with E-state index in [4.69, 9.17) is 9.47 Å². The van der Waals surface area contributed by atoms with Crippen LogP contribution in [-0.4, -0.2) is 30.3 Å². The van der Waals surface area contributed by atoms with Gasteiger partial charge in [-0.05, 0) is 24.5 Å². The third-order valence-corrected chi connectivity index (χ3v) is 6.61. The highest BCUT2D eigenvalue weighted by Gasteiger charge is 2.30. The Morgan fingerprint density at radius 2 is 1.79 bits per heavy atom. The molecule has 0 unspecified atom stereocenters. The average Bonchev–Trinajstić information content (AvgIpc) is 3.17. The molecule has 3 rings (SSSR count). The number of hydrogen-bond acceptors (Lipinski definition) is 6. The summed E-state index contributed by atoms with van der Waals surface area (Å²) >= 11 is 1.44. The first-order chi connectivity index (χ1) is 13.4. The molecule has 28 heavy (non-hydrogen) atoms. The first-order valence-corrected chi connectivity index (χ1v) is 10.6. The number of ether oxygens (including phenoxy) is 2. The molecule has 1 saturated carbocycles. The molecule has 0 radical (unpaired) electrons. The largest absolute Gasteiger partial charge is 0.496 e. The van der Waals surface area contributed by atoms with Crippen LogP contribution in [0, 0.1) is 5.92 Å². The number of carbonyl (C=O) groups is 1. The van der Waals surface area contributed by atoms with Crippen molar-refractivity contribution < 1.29 is 14.3 Å². The number of nitrogens with one attached hydrogen (secondary N) is 1. The lowest BCUT2D eigenvalue weighted by Crippen LogP contribution is -2.23. The van der Waals surface area contributed by atoms with Crippen molar-refractivity contribution in [1.82, 2.24) is 10.2 Å². The predicted molar refractivity (Wildman–Crippen MR) is 112 cm³/mol. The normalized spacial score (nSPS) is 15.3. The lowest BCUT2D eigenvalue weighted by molar-refractivity contribution is 0.102. The molecular formula is C21H29N3O3S. The molecule has 7 heteroatoms. The highest BCUT2D eigenvalue weighted by Crippen LogP contribution is 2.39. The summed E-state index contributed by atoms with van der Waals surface area (Å²) in [5.74, 6) is 1.35.